The molecular weight excluding hydrogens is 362 g/mol. The van der Waals surface area contributed by atoms with Crippen LogP contribution in [0, 0.1) is 13.8 Å². The molecule has 0 aliphatic carbocycles. The van der Waals surface area contributed by atoms with E-state index in [-0.39, 0.29) is 11.9 Å². The van der Waals surface area contributed by atoms with Gasteiger partial charge in [-0.2, -0.15) is 5.10 Å². The van der Waals surface area contributed by atoms with Gasteiger partial charge < -0.3 is 4.74 Å². The summed E-state index contributed by atoms with van der Waals surface area (Å²) in [7, 11) is 1.66. The van der Waals surface area contributed by atoms with Gasteiger partial charge in [-0.25, -0.2) is 5.01 Å². The molecule has 1 saturated heterocycles. The first-order valence-electron chi connectivity index (χ1n) is 10.4. The number of hydrogen-bond donors (Lipinski definition) is 0. The molecular formula is C24H29N3O2. The molecule has 1 atom stereocenters. The van der Waals surface area contributed by atoms with E-state index in [9.17, 15) is 4.79 Å². The third-order valence-electron chi connectivity index (χ3n) is 5.93. The normalized spacial score (nSPS) is 19.5. The third kappa shape index (κ3) is 4.20. The zero-order valence-electron chi connectivity index (χ0n) is 17.5. The maximum atomic E-state index is 13.2. The summed E-state index contributed by atoms with van der Waals surface area (Å²) in [6, 6.07) is 14.3. The molecule has 2 aromatic rings. The molecule has 0 N–H and O–H groups in total. The van der Waals surface area contributed by atoms with Crippen molar-refractivity contribution in [1.29, 1.82) is 0 Å². The van der Waals surface area contributed by atoms with Gasteiger partial charge >= 0.3 is 0 Å². The van der Waals surface area contributed by atoms with Crippen LogP contribution in [0.2, 0.25) is 0 Å². The van der Waals surface area contributed by atoms with Gasteiger partial charge in [0.15, 0.2) is 0 Å². The number of likely N-dealkylation sites (tertiary alicyclic amines) is 1. The zero-order valence-corrected chi connectivity index (χ0v) is 17.5. The number of carbonyl (C=O) groups excluding carboxylic acids is 1. The Hall–Kier alpha value is -2.66. The zero-order chi connectivity index (χ0) is 20.4. The molecule has 2 aliphatic rings. The lowest BCUT2D eigenvalue weighted by Gasteiger charge is -2.24. The fraction of sp³-hybridized carbons (Fsp3) is 0.417. The van der Waals surface area contributed by atoms with Crippen molar-refractivity contribution in [1.82, 2.24) is 9.91 Å². The molecule has 5 heteroatoms. The van der Waals surface area contributed by atoms with Gasteiger partial charge in [0.05, 0.1) is 25.4 Å². The van der Waals surface area contributed by atoms with Crippen LogP contribution in [0.4, 0.5) is 0 Å². The van der Waals surface area contributed by atoms with Crippen molar-refractivity contribution >= 4 is 11.6 Å². The SMILES string of the molecule is COc1ccc(C2CC(c3cc(C)ccc3C)=NN2C(=O)CN2CCCC2)cc1. The number of hydrazone groups is 1. The van der Waals surface area contributed by atoms with Crippen LogP contribution in [0.1, 0.15) is 47.6 Å². The summed E-state index contributed by atoms with van der Waals surface area (Å²) in [5.74, 6) is 0.894. The maximum absolute atomic E-state index is 13.2. The minimum atomic E-state index is -0.0779. The molecule has 0 spiro atoms. The predicted octanol–water partition coefficient (Wildman–Crippen LogP) is 4.09. The molecule has 0 bridgehead atoms. The van der Waals surface area contributed by atoms with Crippen molar-refractivity contribution in [2.45, 2.75) is 39.2 Å². The van der Waals surface area contributed by atoms with Gasteiger partial charge in [0, 0.05) is 12.0 Å². The first-order valence-corrected chi connectivity index (χ1v) is 10.4. The van der Waals surface area contributed by atoms with Crippen LogP contribution in [-0.4, -0.2) is 48.3 Å². The molecule has 152 valence electrons. The maximum Gasteiger partial charge on any atom is 0.257 e. The van der Waals surface area contributed by atoms with Crippen molar-refractivity contribution in [3.8, 4) is 5.75 Å². The van der Waals surface area contributed by atoms with Crippen LogP contribution in [0.15, 0.2) is 47.6 Å². The second kappa shape index (κ2) is 8.37. The number of aryl methyl sites for hydroxylation is 2. The van der Waals surface area contributed by atoms with Gasteiger partial charge in [0.1, 0.15) is 5.75 Å². The Labute approximate surface area is 173 Å². The highest BCUT2D eigenvalue weighted by atomic mass is 16.5. The van der Waals surface area contributed by atoms with Crippen LogP contribution in [-0.2, 0) is 4.79 Å². The monoisotopic (exact) mass is 391 g/mol. The highest BCUT2D eigenvalue weighted by molar-refractivity contribution is 6.04. The molecule has 0 aromatic heterocycles. The summed E-state index contributed by atoms with van der Waals surface area (Å²) < 4.78 is 5.30. The molecule has 2 heterocycles. The van der Waals surface area contributed by atoms with Crippen molar-refractivity contribution in [3.63, 3.8) is 0 Å². The molecule has 1 unspecified atom stereocenters. The third-order valence-corrected chi connectivity index (χ3v) is 5.93. The van der Waals surface area contributed by atoms with Gasteiger partial charge in [0.2, 0.25) is 0 Å². The summed E-state index contributed by atoms with van der Waals surface area (Å²) >= 11 is 0. The average Bonchev–Trinajstić information content (AvgIpc) is 3.40. The predicted molar refractivity (Wildman–Crippen MR) is 115 cm³/mol. The second-order valence-electron chi connectivity index (χ2n) is 8.08. The minimum Gasteiger partial charge on any atom is -0.497 e. The Morgan fingerprint density at radius 2 is 1.83 bits per heavy atom. The first kappa shape index (κ1) is 19.6. The summed E-state index contributed by atoms with van der Waals surface area (Å²) in [6.45, 7) is 6.64. The molecule has 2 aromatic carbocycles. The fourth-order valence-electron chi connectivity index (χ4n) is 4.24. The first-order chi connectivity index (χ1) is 14.0. The molecule has 1 fully saturated rings. The van der Waals surface area contributed by atoms with Crippen LogP contribution in [0.25, 0.3) is 0 Å². The van der Waals surface area contributed by atoms with E-state index >= 15 is 0 Å². The number of nitrogens with zero attached hydrogens (tertiary/aromatic N) is 3. The minimum absolute atomic E-state index is 0.0769. The van der Waals surface area contributed by atoms with Gasteiger partial charge in [-0.15, -0.1) is 0 Å². The van der Waals surface area contributed by atoms with Crippen molar-refractivity contribution < 1.29 is 9.53 Å². The van der Waals surface area contributed by atoms with Crippen molar-refractivity contribution in [3.05, 3.63) is 64.7 Å². The lowest BCUT2D eigenvalue weighted by molar-refractivity contribution is -0.134. The van der Waals surface area contributed by atoms with Crippen LogP contribution >= 0.6 is 0 Å². The van der Waals surface area contributed by atoms with Crippen molar-refractivity contribution in [2.75, 3.05) is 26.7 Å². The Kier molecular flexibility index (Phi) is 5.67. The largest absolute Gasteiger partial charge is 0.497 e. The van der Waals surface area contributed by atoms with E-state index in [0.29, 0.717) is 6.54 Å². The second-order valence-corrected chi connectivity index (χ2v) is 8.08. The number of ether oxygens (including phenoxy) is 1. The van der Waals surface area contributed by atoms with Crippen LogP contribution in [0.5, 0.6) is 5.75 Å². The summed E-state index contributed by atoms with van der Waals surface area (Å²) in [6.07, 6.45) is 3.07. The molecule has 2 aliphatic heterocycles. The fourth-order valence-corrected chi connectivity index (χ4v) is 4.24. The van der Waals surface area contributed by atoms with E-state index in [1.807, 2.05) is 24.3 Å². The summed E-state index contributed by atoms with van der Waals surface area (Å²) in [5, 5.41) is 6.56. The number of benzene rings is 2. The average molecular weight is 392 g/mol. The number of amides is 1. The Balaban J connectivity index is 1.65. The quantitative estimate of drug-likeness (QED) is 0.771. The smallest absolute Gasteiger partial charge is 0.257 e. The number of hydrogen-bond acceptors (Lipinski definition) is 4. The van der Waals surface area contributed by atoms with E-state index in [0.717, 1.165) is 42.1 Å². The van der Waals surface area contributed by atoms with Gasteiger partial charge in [-0.3, -0.25) is 9.69 Å². The molecule has 1 amide bonds. The Morgan fingerprint density at radius 1 is 1.10 bits per heavy atom. The van der Waals surface area contributed by atoms with E-state index in [4.69, 9.17) is 9.84 Å². The molecule has 4 rings (SSSR count). The number of carbonyl (C=O) groups is 1. The van der Waals surface area contributed by atoms with E-state index in [2.05, 4.69) is 36.9 Å². The summed E-state index contributed by atoms with van der Waals surface area (Å²) in [5.41, 5.74) is 5.61. The van der Waals surface area contributed by atoms with Gasteiger partial charge in [0.25, 0.3) is 5.91 Å². The van der Waals surface area contributed by atoms with Crippen LogP contribution < -0.4 is 4.74 Å². The molecule has 0 saturated carbocycles. The highest BCUT2D eigenvalue weighted by Crippen LogP contribution is 2.34. The number of methoxy groups -OCH3 is 1. The van der Waals surface area contributed by atoms with E-state index < -0.39 is 0 Å². The lowest BCUT2D eigenvalue weighted by Crippen LogP contribution is -2.36. The molecule has 5 nitrogen and oxygen atoms in total. The van der Waals surface area contributed by atoms with E-state index in [1.54, 1.807) is 12.1 Å². The van der Waals surface area contributed by atoms with Crippen LogP contribution in [0.3, 0.4) is 0 Å². The standard InChI is InChI=1S/C24H29N3O2/c1-17-6-7-18(2)21(14-17)22-15-23(19-8-10-20(29-3)11-9-19)27(25-22)24(28)16-26-12-4-5-13-26/h6-11,14,23H,4-5,12-13,15-16H2,1-3H3. The molecule has 0 radical (unpaired) electrons. The van der Waals surface area contributed by atoms with Gasteiger partial charge in [-0.1, -0.05) is 29.8 Å². The van der Waals surface area contributed by atoms with Crippen molar-refractivity contribution in [2.24, 2.45) is 5.10 Å². The Bertz CT molecular complexity index is 914. The lowest BCUT2D eigenvalue weighted by atomic mass is 9.95. The topological polar surface area (TPSA) is 45.1 Å². The Morgan fingerprint density at radius 3 is 2.52 bits per heavy atom. The highest BCUT2D eigenvalue weighted by Gasteiger charge is 2.34. The number of rotatable bonds is 5. The summed E-state index contributed by atoms with van der Waals surface area (Å²) in [4.78, 5) is 15.4. The van der Waals surface area contributed by atoms with Gasteiger partial charge in [-0.05, 0) is 69.1 Å². The van der Waals surface area contributed by atoms with E-state index in [1.165, 1.54) is 24.0 Å². The molecule has 29 heavy (non-hydrogen) atoms.